The summed E-state index contributed by atoms with van der Waals surface area (Å²) in [4.78, 5) is 9.30. The van der Waals surface area contributed by atoms with Gasteiger partial charge in [0.2, 0.25) is 0 Å². The summed E-state index contributed by atoms with van der Waals surface area (Å²) in [6.07, 6.45) is 5.62. The highest BCUT2D eigenvalue weighted by Crippen LogP contribution is 2.27. The average Bonchev–Trinajstić information content (AvgIpc) is 3.00. The van der Waals surface area contributed by atoms with Gasteiger partial charge < -0.3 is 10.3 Å². The molecule has 0 aromatic carbocycles. The van der Waals surface area contributed by atoms with Crippen LogP contribution in [0, 0.1) is 6.92 Å². The van der Waals surface area contributed by atoms with E-state index in [4.69, 9.17) is 4.98 Å². The molecule has 3 heterocycles. The van der Waals surface area contributed by atoms with E-state index in [9.17, 15) is 0 Å². The first kappa shape index (κ1) is 11.0. The number of rotatable bonds is 3. The molecule has 2 aromatic heterocycles. The maximum absolute atomic E-state index is 4.76. The van der Waals surface area contributed by atoms with Crippen LogP contribution in [0.5, 0.6) is 0 Å². The van der Waals surface area contributed by atoms with E-state index in [1.165, 1.54) is 29.3 Å². The molecule has 0 aliphatic carbocycles. The fraction of sp³-hybridized carbons (Fsp3) is 0.462. The SMILES string of the molecule is Cc1sc(CC2CCCN2)nc1-c1ccc[nH]1. The summed E-state index contributed by atoms with van der Waals surface area (Å²) in [6.45, 7) is 3.32. The number of H-pyrrole nitrogens is 1. The molecule has 1 aliphatic heterocycles. The van der Waals surface area contributed by atoms with E-state index in [1.54, 1.807) is 0 Å². The van der Waals surface area contributed by atoms with Crippen molar-refractivity contribution in [1.82, 2.24) is 15.3 Å². The van der Waals surface area contributed by atoms with Gasteiger partial charge in [-0.05, 0) is 38.4 Å². The van der Waals surface area contributed by atoms with Crippen molar-refractivity contribution in [2.75, 3.05) is 6.54 Å². The van der Waals surface area contributed by atoms with Crippen LogP contribution in [0.4, 0.5) is 0 Å². The van der Waals surface area contributed by atoms with Crippen molar-refractivity contribution in [3.05, 3.63) is 28.2 Å². The van der Waals surface area contributed by atoms with Crippen molar-refractivity contribution < 1.29 is 0 Å². The molecule has 1 aliphatic rings. The standard InChI is InChI=1S/C13H17N3S/c1-9-13(11-5-3-7-15-11)16-12(17-9)8-10-4-2-6-14-10/h3,5,7,10,14-15H,2,4,6,8H2,1H3. The zero-order valence-electron chi connectivity index (χ0n) is 9.99. The van der Waals surface area contributed by atoms with Crippen LogP contribution in [0.25, 0.3) is 11.4 Å². The van der Waals surface area contributed by atoms with Gasteiger partial charge in [0.05, 0.1) is 10.7 Å². The van der Waals surface area contributed by atoms with Gasteiger partial charge in [0.25, 0.3) is 0 Å². The Hall–Kier alpha value is -1.13. The Labute approximate surface area is 105 Å². The molecule has 0 radical (unpaired) electrons. The number of hydrogen-bond donors (Lipinski definition) is 2. The molecule has 2 aromatic rings. The van der Waals surface area contributed by atoms with Crippen molar-refractivity contribution >= 4 is 11.3 Å². The first-order valence-electron chi connectivity index (χ1n) is 6.16. The summed E-state index contributed by atoms with van der Waals surface area (Å²) in [7, 11) is 0. The average molecular weight is 247 g/mol. The smallest absolute Gasteiger partial charge is 0.101 e. The lowest BCUT2D eigenvalue weighted by atomic mass is 10.2. The van der Waals surface area contributed by atoms with Crippen molar-refractivity contribution in [2.24, 2.45) is 0 Å². The fourth-order valence-electron chi connectivity index (χ4n) is 2.41. The van der Waals surface area contributed by atoms with E-state index in [0.29, 0.717) is 6.04 Å². The molecule has 17 heavy (non-hydrogen) atoms. The highest BCUT2D eigenvalue weighted by atomic mass is 32.1. The summed E-state index contributed by atoms with van der Waals surface area (Å²) in [6, 6.07) is 4.74. The van der Waals surface area contributed by atoms with Gasteiger partial charge in [0.1, 0.15) is 5.69 Å². The topological polar surface area (TPSA) is 40.7 Å². The minimum absolute atomic E-state index is 0.636. The summed E-state index contributed by atoms with van der Waals surface area (Å²) >= 11 is 1.83. The first-order chi connectivity index (χ1) is 8.33. The van der Waals surface area contributed by atoms with Gasteiger partial charge in [-0.1, -0.05) is 0 Å². The minimum Gasteiger partial charge on any atom is -0.360 e. The highest BCUT2D eigenvalue weighted by molar-refractivity contribution is 7.12. The molecule has 3 rings (SSSR count). The van der Waals surface area contributed by atoms with E-state index in [2.05, 4.69) is 23.3 Å². The predicted molar refractivity (Wildman–Crippen MR) is 71.4 cm³/mol. The number of thiazole rings is 1. The lowest BCUT2D eigenvalue weighted by Crippen LogP contribution is -2.23. The largest absolute Gasteiger partial charge is 0.360 e. The van der Waals surface area contributed by atoms with Crippen LogP contribution < -0.4 is 5.32 Å². The van der Waals surface area contributed by atoms with Gasteiger partial charge in [-0.25, -0.2) is 4.98 Å². The van der Waals surface area contributed by atoms with Crippen LogP contribution in [0.1, 0.15) is 22.7 Å². The maximum Gasteiger partial charge on any atom is 0.101 e. The van der Waals surface area contributed by atoms with Crippen LogP contribution in [0.2, 0.25) is 0 Å². The van der Waals surface area contributed by atoms with Crippen LogP contribution in [-0.4, -0.2) is 22.6 Å². The van der Waals surface area contributed by atoms with E-state index in [-0.39, 0.29) is 0 Å². The molecular formula is C13H17N3S. The molecule has 1 atom stereocenters. The zero-order valence-corrected chi connectivity index (χ0v) is 10.8. The van der Waals surface area contributed by atoms with Crippen molar-refractivity contribution in [2.45, 2.75) is 32.2 Å². The van der Waals surface area contributed by atoms with Crippen molar-refractivity contribution in [1.29, 1.82) is 0 Å². The second-order valence-corrected chi connectivity index (χ2v) is 5.88. The second kappa shape index (κ2) is 4.63. The van der Waals surface area contributed by atoms with E-state index >= 15 is 0 Å². The Morgan fingerprint density at radius 2 is 2.47 bits per heavy atom. The lowest BCUT2D eigenvalue weighted by Gasteiger charge is -2.06. The molecule has 3 nitrogen and oxygen atoms in total. The number of hydrogen-bond acceptors (Lipinski definition) is 3. The fourth-order valence-corrected chi connectivity index (χ4v) is 3.44. The molecule has 1 fully saturated rings. The van der Waals surface area contributed by atoms with Gasteiger partial charge in [0.15, 0.2) is 0 Å². The van der Waals surface area contributed by atoms with Crippen LogP contribution in [-0.2, 0) is 6.42 Å². The van der Waals surface area contributed by atoms with Crippen LogP contribution in [0.15, 0.2) is 18.3 Å². The monoisotopic (exact) mass is 247 g/mol. The number of nitrogens with zero attached hydrogens (tertiary/aromatic N) is 1. The van der Waals surface area contributed by atoms with Gasteiger partial charge in [-0.2, -0.15) is 0 Å². The molecular weight excluding hydrogens is 230 g/mol. The first-order valence-corrected chi connectivity index (χ1v) is 6.98. The van der Waals surface area contributed by atoms with Gasteiger partial charge in [-0.3, -0.25) is 0 Å². The maximum atomic E-state index is 4.76. The van der Waals surface area contributed by atoms with Crippen LogP contribution >= 0.6 is 11.3 Å². The summed E-state index contributed by atoms with van der Waals surface area (Å²) in [5, 5.41) is 4.78. The number of nitrogens with one attached hydrogen (secondary N) is 2. The molecule has 0 saturated carbocycles. The molecule has 90 valence electrons. The molecule has 2 N–H and O–H groups in total. The number of aryl methyl sites for hydroxylation is 1. The molecule has 0 bridgehead atoms. The summed E-state index contributed by atoms with van der Waals surface area (Å²) < 4.78 is 0. The quantitative estimate of drug-likeness (QED) is 0.875. The second-order valence-electron chi connectivity index (χ2n) is 4.59. The van der Waals surface area contributed by atoms with E-state index in [0.717, 1.165) is 17.8 Å². The van der Waals surface area contributed by atoms with Crippen molar-refractivity contribution in [3.63, 3.8) is 0 Å². The predicted octanol–water partition coefficient (Wildman–Crippen LogP) is 2.74. The molecule has 1 saturated heterocycles. The van der Waals surface area contributed by atoms with Gasteiger partial charge in [0, 0.05) is 23.5 Å². The molecule has 1 unspecified atom stereocenters. The van der Waals surface area contributed by atoms with Crippen molar-refractivity contribution in [3.8, 4) is 11.4 Å². The lowest BCUT2D eigenvalue weighted by molar-refractivity contribution is 0.601. The Balaban J connectivity index is 1.80. The van der Waals surface area contributed by atoms with E-state index < -0.39 is 0 Å². The van der Waals surface area contributed by atoms with Crippen LogP contribution in [0.3, 0.4) is 0 Å². The van der Waals surface area contributed by atoms with Gasteiger partial charge >= 0.3 is 0 Å². The summed E-state index contributed by atoms with van der Waals surface area (Å²) in [5.74, 6) is 0. The third-order valence-electron chi connectivity index (χ3n) is 3.28. The van der Waals surface area contributed by atoms with E-state index in [1.807, 2.05) is 23.6 Å². The number of aromatic amines is 1. The molecule has 0 spiro atoms. The Bertz CT molecular complexity index is 481. The highest BCUT2D eigenvalue weighted by Gasteiger charge is 2.18. The number of aromatic nitrogens is 2. The molecule has 4 heteroatoms. The Morgan fingerprint density at radius 3 is 3.18 bits per heavy atom. The third-order valence-corrected chi connectivity index (χ3v) is 4.27. The third kappa shape index (κ3) is 2.28. The zero-order chi connectivity index (χ0) is 11.7. The van der Waals surface area contributed by atoms with Gasteiger partial charge in [-0.15, -0.1) is 11.3 Å². The Morgan fingerprint density at radius 1 is 1.53 bits per heavy atom. The summed E-state index contributed by atoms with van der Waals surface area (Å²) in [5.41, 5.74) is 2.25. The Kier molecular flexibility index (Phi) is 2.99. The normalized spacial score (nSPS) is 19.9. The molecule has 0 amide bonds. The minimum atomic E-state index is 0.636.